The molecule has 0 aliphatic carbocycles. The summed E-state index contributed by atoms with van der Waals surface area (Å²) in [6.07, 6.45) is 1.64. The number of rotatable bonds is 6. The second-order valence-corrected chi connectivity index (χ2v) is 6.08. The van der Waals surface area contributed by atoms with Gasteiger partial charge >= 0.3 is 12.1 Å². The zero-order valence-electron chi connectivity index (χ0n) is 13.5. The van der Waals surface area contributed by atoms with Gasteiger partial charge in [0, 0.05) is 19.6 Å². The average molecular weight is 320 g/mol. The standard InChI is InChI=1S/C17H24N2O4/c1-18(12-16(20)21)10-15-8-5-9-19(11-15)17(22)23-13-14-6-3-2-4-7-14/h2-4,6-7,15H,5,8-13H2,1H3,(H,20,21)/t15-/m0/s1. The summed E-state index contributed by atoms with van der Waals surface area (Å²) in [5.74, 6) is -0.542. The smallest absolute Gasteiger partial charge is 0.410 e. The van der Waals surface area contributed by atoms with Gasteiger partial charge in [0.05, 0.1) is 6.54 Å². The molecular formula is C17H24N2O4. The van der Waals surface area contributed by atoms with Gasteiger partial charge in [0.25, 0.3) is 0 Å². The van der Waals surface area contributed by atoms with E-state index < -0.39 is 5.97 Å². The van der Waals surface area contributed by atoms with Gasteiger partial charge in [-0.3, -0.25) is 9.69 Å². The van der Waals surface area contributed by atoms with Gasteiger partial charge in [-0.05, 0) is 31.4 Å². The molecule has 1 aromatic carbocycles. The van der Waals surface area contributed by atoms with E-state index in [-0.39, 0.29) is 25.2 Å². The van der Waals surface area contributed by atoms with E-state index in [0.29, 0.717) is 19.6 Å². The van der Waals surface area contributed by atoms with Gasteiger partial charge in [0.1, 0.15) is 6.61 Å². The van der Waals surface area contributed by atoms with E-state index in [0.717, 1.165) is 18.4 Å². The summed E-state index contributed by atoms with van der Waals surface area (Å²) in [5, 5.41) is 8.81. The number of likely N-dealkylation sites (N-methyl/N-ethyl adjacent to an activating group) is 1. The number of amides is 1. The first kappa shape index (κ1) is 17.3. The van der Waals surface area contributed by atoms with E-state index in [1.165, 1.54) is 0 Å². The van der Waals surface area contributed by atoms with Crippen molar-refractivity contribution in [3.05, 3.63) is 35.9 Å². The van der Waals surface area contributed by atoms with E-state index in [4.69, 9.17) is 9.84 Å². The summed E-state index contributed by atoms with van der Waals surface area (Å²) >= 11 is 0. The zero-order chi connectivity index (χ0) is 16.7. The van der Waals surface area contributed by atoms with E-state index in [1.807, 2.05) is 30.3 Å². The van der Waals surface area contributed by atoms with Crippen LogP contribution < -0.4 is 0 Å². The van der Waals surface area contributed by atoms with Crippen molar-refractivity contribution in [1.29, 1.82) is 0 Å². The summed E-state index contributed by atoms with van der Waals surface area (Å²) in [5.41, 5.74) is 0.968. The predicted octanol–water partition coefficient (Wildman–Crippen LogP) is 2.05. The van der Waals surface area contributed by atoms with Gasteiger partial charge in [0.15, 0.2) is 0 Å². The van der Waals surface area contributed by atoms with Crippen LogP contribution in [-0.4, -0.2) is 60.2 Å². The summed E-state index contributed by atoms with van der Waals surface area (Å²) in [6.45, 7) is 2.30. The highest BCUT2D eigenvalue weighted by Gasteiger charge is 2.25. The summed E-state index contributed by atoms with van der Waals surface area (Å²) in [6, 6.07) is 9.60. The Hall–Kier alpha value is -2.08. The van der Waals surface area contributed by atoms with Crippen LogP contribution >= 0.6 is 0 Å². The van der Waals surface area contributed by atoms with E-state index in [9.17, 15) is 9.59 Å². The van der Waals surface area contributed by atoms with Crippen molar-refractivity contribution in [3.8, 4) is 0 Å². The topological polar surface area (TPSA) is 70.1 Å². The predicted molar refractivity (Wildman–Crippen MR) is 86.1 cm³/mol. The quantitative estimate of drug-likeness (QED) is 0.869. The lowest BCUT2D eigenvalue weighted by Gasteiger charge is -2.33. The highest BCUT2D eigenvalue weighted by Crippen LogP contribution is 2.18. The first-order valence-electron chi connectivity index (χ1n) is 7.90. The van der Waals surface area contributed by atoms with Crippen LogP contribution in [0, 0.1) is 5.92 Å². The summed E-state index contributed by atoms with van der Waals surface area (Å²) < 4.78 is 5.36. The second-order valence-electron chi connectivity index (χ2n) is 6.08. The lowest BCUT2D eigenvalue weighted by molar-refractivity contribution is -0.138. The molecule has 1 atom stereocenters. The maximum absolute atomic E-state index is 12.2. The van der Waals surface area contributed by atoms with Gasteiger partial charge in [-0.2, -0.15) is 0 Å². The number of aliphatic carboxylic acids is 1. The maximum atomic E-state index is 12.2. The van der Waals surface area contributed by atoms with Crippen molar-refractivity contribution in [2.24, 2.45) is 5.92 Å². The minimum absolute atomic E-state index is 0.0228. The molecule has 2 rings (SSSR count). The third-order valence-corrected chi connectivity index (χ3v) is 3.96. The van der Waals surface area contributed by atoms with E-state index in [1.54, 1.807) is 16.8 Å². The zero-order valence-corrected chi connectivity index (χ0v) is 13.5. The Morgan fingerprint density at radius 2 is 2.09 bits per heavy atom. The minimum atomic E-state index is -0.831. The van der Waals surface area contributed by atoms with Gasteiger partial charge < -0.3 is 14.7 Å². The summed E-state index contributed by atoms with van der Waals surface area (Å²) in [4.78, 5) is 26.4. The molecule has 0 bridgehead atoms. The fourth-order valence-corrected chi connectivity index (χ4v) is 2.93. The van der Waals surface area contributed by atoms with Crippen LogP contribution in [-0.2, 0) is 16.1 Å². The number of carbonyl (C=O) groups is 2. The highest BCUT2D eigenvalue weighted by atomic mass is 16.6. The first-order valence-corrected chi connectivity index (χ1v) is 7.90. The van der Waals surface area contributed by atoms with Crippen molar-refractivity contribution < 1.29 is 19.4 Å². The van der Waals surface area contributed by atoms with Crippen LogP contribution in [0.3, 0.4) is 0 Å². The minimum Gasteiger partial charge on any atom is -0.480 e. The number of carboxylic acids is 1. The molecular weight excluding hydrogens is 296 g/mol. The van der Waals surface area contributed by atoms with E-state index in [2.05, 4.69) is 0 Å². The van der Waals surface area contributed by atoms with Crippen molar-refractivity contribution in [3.63, 3.8) is 0 Å². The van der Waals surface area contributed by atoms with Crippen LogP contribution in [0.5, 0.6) is 0 Å². The molecule has 6 heteroatoms. The van der Waals surface area contributed by atoms with Gasteiger partial charge in [-0.25, -0.2) is 4.79 Å². The maximum Gasteiger partial charge on any atom is 0.410 e. The largest absolute Gasteiger partial charge is 0.480 e. The van der Waals surface area contributed by atoms with Gasteiger partial charge in [-0.1, -0.05) is 30.3 Å². The van der Waals surface area contributed by atoms with E-state index >= 15 is 0 Å². The molecule has 1 saturated heterocycles. The number of benzene rings is 1. The van der Waals surface area contributed by atoms with Crippen LogP contribution in [0.25, 0.3) is 0 Å². The molecule has 23 heavy (non-hydrogen) atoms. The lowest BCUT2D eigenvalue weighted by atomic mass is 9.98. The molecule has 0 aromatic heterocycles. The number of likely N-dealkylation sites (tertiary alicyclic amines) is 1. The Bertz CT molecular complexity index is 521. The molecule has 0 spiro atoms. The number of hydrogen-bond donors (Lipinski definition) is 1. The van der Waals surface area contributed by atoms with Crippen molar-refractivity contribution in [1.82, 2.24) is 9.80 Å². The van der Waals surface area contributed by atoms with Crippen molar-refractivity contribution in [2.45, 2.75) is 19.4 Å². The molecule has 126 valence electrons. The van der Waals surface area contributed by atoms with Crippen LogP contribution in [0.4, 0.5) is 4.79 Å². The highest BCUT2D eigenvalue weighted by molar-refractivity contribution is 5.69. The molecule has 0 saturated carbocycles. The molecule has 1 amide bonds. The molecule has 1 aromatic rings. The molecule has 1 heterocycles. The Kier molecular flexibility index (Phi) is 6.40. The average Bonchev–Trinajstić information content (AvgIpc) is 2.53. The lowest BCUT2D eigenvalue weighted by Crippen LogP contribution is -2.44. The monoisotopic (exact) mass is 320 g/mol. The molecule has 1 aliphatic rings. The normalized spacial score (nSPS) is 18.0. The van der Waals surface area contributed by atoms with Gasteiger partial charge in [-0.15, -0.1) is 0 Å². The Labute approximate surface area is 136 Å². The first-order chi connectivity index (χ1) is 11.0. The molecule has 1 N–H and O–H groups in total. The third-order valence-electron chi connectivity index (χ3n) is 3.96. The molecule has 6 nitrogen and oxygen atoms in total. The van der Waals surface area contributed by atoms with Crippen LogP contribution in [0.1, 0.15) is 18.4 Å². The molecule has 0 unspecified atom stereocenters. The number of carboxylic acid groups (broad SMARTS) is 1. The second kappa shape index (κ2) is 8.53. The Morgan fingerprint density at radius 1 is 1.35 bits per heavy atom. The Balaban J connectivity index is 1.78. The number of hydrogen-bond acceptors (Lipinski definition) is 4. The Morgan fingerprint density at radius 3 is 2.78 bits per heavy atom. The fourth-order valence-electron chi connectivity index (χ4n) is 2.93. The van der Waals surface area contributed by atoms with Crippen LogP contribution in [0.15, 0.2) is 30.3 Å². The van der Waals surface area contributed by atoms with Crippen LogP contribution in [0.2, 0.25) is 0 Å². The molecule has 1 fully saturated rings. The number of carbonyl (C=O) groups excluding carboxylic acids is 1. The van der Waals surface area contributed by atoms with Gasteiger partial charge in [0.2, 0.25) is 0 Å². The number of ether oxygens (including phenoxy) is 1. The molecule has 1 aliphatic heterocycles. The summed E-state index contributed by atoms with van der Waals surface area (Å²) in [7, 11) is 1.79. The molecule has 0 radical (unpaired) electrons. The third kappa shape index (κ3) is 5.90. The number of nitrogens with zero attached hydrogens (tertiary/aromatic N) is 2. The van der Waals surface area contributed by atoms with Crippen molar-refractivity contribution in [2.75, 3.05) is 33.2 Å². The SMILES string of the molecule is CN(CC(=O)O)C[C@@H]1CCCN(C(=O)OCc2ccccc2)C1. The fraction of sp³-hybridized carbons (Fsp3) is 0.529. The van der Waals surface area contributed by atoms with Crippen molar-refractivity contribution >= 4 is 12.1 Å². The number of piperidine rings is 1.